The number of hydrogen-bond acceptors (Lipinski definition) is 3. The SMILES string of the molecule is O=C(NC1CC1)c1ccc(OC[C@H]2CCCN2C(=O)c2ccccc2F)cc1. The minimum absolute atomic E-state index is 0.0634. The van der Waals surface area contributed by atoms with Gasteiger partial charge in [-0.1, -0.05) is 12.1 Å². The average Bonchev–Trinajstić information content (AvgIpc) is 3.40. The minimum Gasteiger partial charge on any atom is -0.491 e. The molecule has 1 aliphatic carbocycles. The van der Waals surface area contributed by atoms with Crippen molar-refractivity contribution in [3.8, 4) is 5.75 Å². The normalized spacial score (nSPS) is 18.8. The molecule has 2 fully saturated rings. The van der Waals surface area contributed by atoms with E-state index >= 15 is 0 Å². The Kier molecular flexibility index (Phi) is 5.28. The number of nitrogens with zero attached hydrogens (tertiary/aromatic N) is 1. The van der Waals surface area contributed by atoms with E-state index in [1.807, 2.05) is 0 Å². The fourth-order valence-corrected chi connectivity index (χ4v) is 3.46. The Hall–Kier alpha value is -2.89. The molecule has 2 amide bonds. The highest BCUT2D eigenvalue weighted by Crippen LogP contribution is 2.23. The van der Waals surface area contributed by atoms with Crippen LogP contribution in [-0.4, -0.2) is 41.9 Å². The lowest BCUT2D eigenvalue weighted by molar-refractivity contribution is 0.0686. The molecule has 2 aromatic rings. The first-order valence-corrected chi connectivity index (χ1v) is 9.71. The minimum atomic E-state index is -0.501. The fourth-order valence-electron chi connectivity index (χ4n) is 3.46. The van der Waals surface area contributed by atoms with Crippen molar-refractivity contribution in [2.24, 2.45) is 0 Å². The number of rotatable bonds is 6. The van der Waals surface area contributed by atoms with E-state index in [4.69, 9.17) is 4.74 Å². The van der Waals surface area contributed by atoms with Gasteiger partial charge in [0, 0.05) is 18.2 Å². The molecule has 1 N–H and O–H groups in total. The molecule has 0 radical (unpaired) electrons. The molecule has 0 unspecified atom stereocenters. The molecule has 6 heteroatoms. The Morgan fingerprint density at radius 2 is 1.82 bits per heavy atom. The van der Waals surface area contributed by atoms with Gasteiger partial charge in [0.25, 0.3) is 11.8 Å². The monoisotopic (exact) mass is 382 g/mol. The molecule has 0 bridgehead atoms. The highest BCUT2D eigenvalue weighted by Gasteiger charge is 2.31. The number of nitrogens with one attached hydrogen (secondary N) is 1. The summed E-state index contributed by atoms with van der Waals surface area (Å²) in [4.78, 5) is 26.4. The van der Waals surface area contributed by atoms with E-state index in [-0.39, 0.29) is 23.4 Å². The van der Waals surface area contributed by atoms with Crippen LogP contribution in [-0.2, 0) is 0 Å². The van der Waals surface area contributed by atoms with Gasteiger partial charge in [-0.15, -0.1) is 0 Å². The van der Waals surface area contributed by atoms with Crippen molar-refractivity contribution in [2.45, 2.75) is 37.8 Å². The molecule has 28 heavy (non-hydrogen) atoms. The van der Waals surface area contributed by atoms with Crippen molar-refractivity contribution < 1.29 is 18.7 Å². The quantitative estimate of drug-likeness (QED) is 0.833. The van der Waals surface area contributed by atoms with Crippen LogP contribution in [0.15, 0.2) is 48.5 Å². The van der Waals surface area contributed by atoms with Gasteiger partial charge < -0.3 is 15.0 Å². The topological polar surface area (TPSA) is 58.6 Å². The highest BCUT2D eigenvalue weighted by molar-refractivity contribution is 5.95. The number of carbonyl (C=O) groups excluding carboxylic acids is 2. The third kappa shape index (κ3) is 4.16. The molecule has 0 spiro atoms. The van der Waals surface area contributed by atoms with Crippen LogP contribution in [0.5, 0.6) is 5.75 Å². The summed E-state index contributed by atoms with van der Waals surface area (Å²) >= 11 is 0. The summed E-state index contributed by atoms with van der Waals surface area (Å²) in [5.41, 5.74) is 0.705. The molecule has 1 aliphatic heterocycles. The number of ether oxygens (including phenoxy) is 1. The van der Waals surface area contributed by atoms with E-state index in [0.29, 0.717) is 30.5 Å². The highest BCUT2D eigenvalue weighted by atomic mass is 19.1. The van der Waals surface area contributed by atoms with Crippen molar-refractivity contribution >= 4 is 11.8 Å². The second-order valence-corrected chi connectivity index (χ2v) is 7.36. The average molecular weight is 382 g/mol. The summed E-state index contributed by atoms with van der Waals surface area (Å²) < 4.78 is 19.8. The molecule has 2 aliphatic rings. The first-order chi connectivity index (χ1) is 13.6. The number of halogens is 1. The number of carbonyl (C=O) groups is 2. The number of hydrogen-bond donors (Lipinski definition) is 1. The van der Waals surface area contributed by atoms with Crippen LogP contribution in [0.2, 0.25) is 0 Å². The summed E-state index contributed by atoms with van der Waals surface area (Å²) in [7, 11) is 0. The van der Waals surface area contributed by atoms with E-state index in [1.54, 1.807) is 41.3 Å². The number of benzene rings is 2. The number of likely N-dealkylation sites (tertiary alicyclic amines) is 1. The smallest absolute Gasteiger partial charge is 0.257 e. The van der Waals surface area contributed by atoms with Crippen LogP contribution in [0.4, 0.5) is 4.39 Å². The zero-order valence-electron chi connectivity index (χ0n) is 15.6. The molecule has 146 valence electrons. The summed E-state index contributed by atoms with van der Waals surface area (Å²) in [6, 6.07) is 13.3. The third-order valence-corrected chi connectivity index (χ3v) is 5.21. The molecule has 1 heterocycles. The van der Waals surface area contributed by atoms with Crippen molar-refractivity contribution in [3.05, 3.63) is 65.5 Å². The van der Waals surface area contributed by atoms with Gasteiger partial charge in [0.1, 0.15) is 18.2 Å². The third-order valence-electron chi connectivity index (χ3n) is 5.21. The van der Waals surface area contributed by atoms with Gasteiger partial charge in [-0.3, -0.25) is 9.59 Å². The van der Waals surface area contributed by atoms with Gasteiger partial charge in [-0.2, -0.15) is 0 Å². The number of amides is 2. The van der Waals surface area contributed by atoms with Gasteiger partial charge in [-0.25, -0.2) is 4.39 Å². The maximum absolute atomic E-state index is 13.9. The van der Waals surface area contributed by atoms with E-state index in [9.17, 15) is 14.0 Å². The lowest BCUT2D eigenvalue weighted by atomic mass is 10.1. The fraction of sp³-hybridized carbons (Fsp3) is 0.364. The van der Waals surface area contributed by atoms with Gasteiger partial charge in [0.2, 0.25) is 0 Å². The Morgan fingerprint density at radius 1 is 1.07 bits per heavy atom. The zero-order chi connectivity index (χ0) is 19.5. The van der Waals surface area contributed by atoms with Crippen LogP contribution >= 0.6 is 0 Å². The van der Waals surface area contributed by atoms with E-state index < -0.39 is 5.82 Å². The molecule has 2 aromatic carbocycles. The largest absolute Gasteiger partial charge is 0.491 e. The maximum Gasteiger partial charge on any atom is 0.257 e. The molecular weight excluding hydrogens is 359 g/mol. The van der Waals surface area contributed by atoms with Crippen molar-refractivity contribution in [1.82, 2.24) is 10.2 Å². The first kappa shape index (κ1) is 18.5. The summed E-state index contributed by atoms with van der Waals surface area (Å²) in [6.07, 6.45) is 3.80. The first-order valence-electron chi connectivity index (χ1n) is 9.71. The van der Waals surface area contributed by atoms with Gasteiger partial charge >= 0.3 is 0 Å². The molecule has 1 saturated carbocycles. The van der Waals surface area contributed by atoms with Crippen molar-refractivity contribution in [1.29, 1.82) is 0 Å². The molecule has 1 atom stereocenters. The van der Waals surface area contributed by atoms with Crippen LogP contribution in [0.25, 0.3) is 0 Å². The second kappa shape index (κ2) is 8.00. The standard InChI is InChI=1S/C22H23FN2O3/c23-20-6-2-1-5-19(20)22(27)25-13-3-4-17(25)14-28-18-11-7-15(8-12-18)21(26)24-16-9-10-16/h1-2,5-8,11-12,16-17H,3-4,9-10,13-14H2,(H,24,26)/t17-/m1/s1. The summed E-state index contributed by atoms with van der Waals surface area (Å²) in [5.74, 6) is -0.213. The maximum atomic E-state index is 13.9. The Morgan fingerprint density at radius 3 is 2.54 bits per heavy atom. The Bertz CT molecular complexity index is 864. The predicted octanol–water partition coefficient (Wildman–Crippen LogP) is 3.40. The lowest BCUT2D eigenvalue weighted by Gasteiger charge is -2.25. The van der Waals surface area contributed by atoms with E-state index in [1.165, 1.54) is 12.1 Å². The molecule has 5 nitrogen and oxygen atoms in total. The molecule has 4 rings (SSSR count). The lowest BCUT2D eigenvalue weighted by Crippen LogP contribution is -2.39. The van der Waals surface area contributed by atoms with Gasteiger partial charge in [-0.05, 0) is 62.1 Å². The van der Waals surface area contributed by atoms with Crippen LogP contribution in [0, 0.1) is 5.82 Å². The van der Waals surface area contributed by atoms with Crippen LogP contribution in [0.3, 0.4) is 0 Å². The molecule has 1 saturated heterocycles. The van der Waals surface area contributed by atoms with E-state index in [0.717, 1.165) is 25.7 Å². The Labute approximate surface area is 163 Å². The predicted molar refractivity (Wildman–Crippen MR) is 103 cm³/mol. The van der Waals surface area contributed by atoms with E-state index in [2.05, 4.69) is 5.32 Å². The van der Waals surface area contributed by atoms with Gasteiger partial charge in [0.05, 0.1) is 11.6 Å². The summed E-state index contributed by atoms with van der Waals surface area (Å²) in [6.45, 7) is 0.940. The second-order valence-electron chi connectivity index (χ2n) is 7.36. The zero-order valence-corrected chi connectivity index (χ0v) is 15.6. The van der Waals surface area contributed by atoms with Crippen LogP contribution in [0.1, 0.15) is 46.4 Å². The molecular formula is C22H23FN2O3. The Balaban J connectivity index is 1.35. The van der Waals surface area contributed by atoms with Crippen LogP contribution < -0.4 is 10.1 Å². The van der Waals surface area contributed by atoms with Gasteiger partial charge in [0.15, 0.2) is 0 Å². The molecule has 0 aromatic heterocycles. The summed E-state index contributed by atoms with van der Waals surface area (Å²) in [5, 5.41) is 2.95. The van der Waals surface area contributed by atoms with Crippen molar-refractivity contribution in [3.63, 3.8) is 0 Å². The van der Waals surface area contributed by atoms with Crippen molar-refractivity contribution in [2.75, 3.05) is 13.2 Å².